The topological polar surface area (TPSA) is 80.3 Å². The SMILES string of the molecule is CC1(C)C2CCC1(CS(=O)(=O)Nc1cccc(C3CC(=O)c4ccccc4S3)c1)C(=O)C2. The normalized spacial score (nSPS) is 28.6. The number of Topliss-reactive ketones (excluding diaryl/α,β-unsaturated/α-hetero) is 2. The number of sulfonamides is 1. The average Bonchev–Trinajstić information content (AvgIpc) is 3.07. The number of carbonyl (C=O) groups excluding carboxylic acids is 2. The number of fused-ring (bicyclic) bond motifs is 3. The summed E-state index contributed by atoms with van der Waals surface area (Å²) in [7, 11) is -3.72. The lowest BCUT2D eigenvalue weighted by Crippen LogP contribution is -2.43. The molecule has 2 fully saturated rings. The molecule has 1 N–H and O–H groups in total. The van der Waals surface area contributed by atoms with Crippen molar-refractivity contribution in [2.45, 2.75) is 49.7 Å². The van der Waals surface area contributed by atoms with Gasteiger partial charge in [-0.3, -0.25) is 14.3 Å². The summed E-state index contributed by atoms with van der Waals surface area (Å²) in [6.07, 6.45) is 2.43. The second-order valence-corrected chi connectivity index (χ2v) is 12.9. The van der Waals surface area contributed by atoms with E-state index in [0.717, 1.165) is 22.4 Å². The van der Waals surface area contributed by atoms with Gasteiger partial charge < -0.3 is 0 Å². The third-order valence-electron chi connectivity index (χ3n) is 7.93. The van der Waals surface area contributed by atoms with E-state index in [1.54, 1.807) is 17.8 Å². The number of hydrogen-bond donors (Lipinski definition) is 1. The first-order chi connectivity index (χ1) is 15.1. The molecule has 2 aromatic carbocycles. The van der Waals surface area contributed by atoms with Crippen molar-refractivity contribution in [1.29, 1.82) is 0 Å². The number of rotatable bonds is 5. The molecule has 1 aliphatic heterocycles. The van der Waals surface area contributed by atoms with Gasteiger partial charge in [0.2, 0.25) is 10.0 Å². The molecule has 32 heavy (non-hydrogen) atoms. The number of anilines is 1. The van der Waals surface area contributed by atoms with Crippen molar-refractivity contribution in [3.8, 4) is 0 Å². The van der Waals surface area contributed by atoms with Crippen LogP contribution >= 0.6 is 11.8 Å². The van der Waals surface area contributed by atoms with Crippen LogP contribution in [-0.4, -0.2) is 25.7 Å². The number of ketones is 2. The second-order valence-electron chi connectivity index (χ2n) is 9.88. The molecule has 1 heterocycles. The zero-order valence-electron chi connectivity index (χ0n) is 18.3. The Kier molecular flexibility index (Phi) is 5.06. The van der Waals surface area contributed by atoms with Crippen LogP contribution in [-0.2, 0) is 14.8 Å². The van der Waals surface area contributed by atoms with Crippen LogP contribution in [0.2, 0.25) is 0 Å². The minimum atomic E-state index is -3.72. The van der Waals surface area contributed by atoms with Gasteiger partial charge in [0, 0.05) is 34.2 Å². The fourth-order valence-electron chi connectivity index (χ4n) is 5.91. The Morgan fingerprint density at radius 2 is 1.84 bits per heavy atom. The summed E-state index contributed by atoms with van der Waals surface area (Å²) < 4.78 is 29.0. The molecule has 3 atom stereocenters. The maximum Gasteiger partial charge on any atom is 0.233 e. The van der Waals surface area contributed by atoms with E-state index >= 15 is 0 Å². The molecular formula is C25H27NO4S2. The van der Waals surface area contributed by atoms with E-state index in [9.17, 15) is 18.0 Å². The minimum Gasteiger partial charge on any atom is -0.299 e. The summed E-state index contributed by atoms with van der Waals surface area (Å²) in [5, 5.41) is -0.0635. The van der Waals surface area contributed by atoms with Gasteiger partial charge in [-0.05, 0) is 47.9 Å². The Morgan fingerprint density at radius 1 is 1.06 bits per heavy atom. The Balaban J connectivity index is 1.37. The molecule has 0 spiro atoms. The molecule has 2 saturated carbocycles. The first-order valence-corrected chi connectivity index (χ1v) is 13.6. The van der Waals surface area contributed by atoms with E-state index < -0.39 is 15.4 Å². The van der Waals surface area contributed by atoms with E-state index in [1.807, 2.05) is 56.3 Å². The first kappa shape index (κ1) is 21.7. The Bertz CT molecular complexity index is 1220. The van der Waals surface area contributed by atoms with Gasteiger partial charge in [-0.2, -0.15) is 0 Å². The molecule has 5 nitrogen and oxygen atoms in total. The molecule has 3 aliphatic rings. The maximum atomic E-state index is 13.2. The van der Waals surface area contributed by atoms with E-state index in [0.29, 0.717) is 24.9 Å². The molecule has 2 aromatic rings. The Morgan fingerprint density at radius 3 is 2.56 bits per heavy atom. The number of nitrogens with one attached hydrogen (secondary N) is 1. The van der Waals surface area contributed by atoms with Crippen LogP contribution in [0.25, 0.3) is 0 Å². The average molecular weight is 470 g/mol. The summed E-state index contributed by atoms with van der Waals surface area (Å²) in [6, 6.07) is 14.9. The monoisotopic (exact) mass is 469 g/mol. The first-order valence-electron chi connectivity index (χ1n) is 11.0. The molecule has 168 valence electrons. The largest absolute Gasteiger partial charge is 0.299 e. The Hall–Kier alpha value is -2.12. The third kappa shape index (κ3) is 3.41. The van der Waals surface area contributed by atoms with E-state index in [1.165, 1.54) is 0 Å². The molecule has 3 unspecified atom stereocenters. The van der Waals surface area contributed by atoms with Gasteiger partial charge >= 0.3 is 0 Å². The van der Waals surface area contributed by atoms with Crippen molar-refractivity contribution < 1.29 is 18.0 Å². The number of thioether (sulfide) groups is 1. The lowest BCUT2D eigenvalue weighted by molar-refractivity contribution is -0.128. The summed E-state index contributed by atoms with van der Waals surface area (Å²) in [5.41, 5.74) is 1.05. The zero-order chi connectivity index (χ0) is 22.7. The molecular weight excluding hydrogens is 442 g/mol. The zero-order valence-corrected chi connectivity index (χ0v) is 19.9. The highest BCUT2D eigenvalue weighted by Crippen LogP contribution is 2.64. The van der Waals surface area contributed by atoms with Crippen LogP contribution in [0.4, 0.5) is 5.69 Å². The van der Waals surface area contributed by atoms with Gasteiger partial charge in [-0.25, -0.2) is 8.42 Å². The number of carbonyl (C=O) groups is 2. The summed E-state index contributed by atoms with van der Waals surface area (Å²) >= 11 is 1.63. The molecule has 5 rings (SSSR count). The van der Waals surface area contributed by atoms with E-state index in [2.05, 4.69) is 4.72 Å². The van der Waals surface area contributed by atoms with Gasteiger partial charge in [-0.1, -0.05) is 44.2 Å². The van der Waals surface area contributed by atoms with Crippen molar-refractivity contribution in [2.75, 3.05) is 10.5 Å². The summed E-state index contributed by atoms with van der Waals surface area (Å²) in [4.78, 5) is 26.3. The minimum absolute atomic E-state index is 0.0635. The number of hydrogen-bond acceptors (Lipinski definition) is 5. The van der Waals surface area contributed by atoms with Gasteiger partial charge in [0.15, 0.2) is 5.78 Å². The molecule has 7 heteroatoms. The molecule has 0 radical (unpaired) electrons. The predicted octanol–water partition coefficient (Wildman–Crippen LogP) is 5.24. The van der Waals surface area contributed by atoms with Crippen LogP contribution in [0.3, 0.4) is 0 Å². The van der Waals surface area contributed by atoms with Crippen molar-refractivity contribution in [1.82, 2.24) is 0 Å². The summed E-state index contributed by atoms with van der Waals surface area (Å²) in [5.74, 6) is 0.300. The fourth-order valence-corrected chi connectivity index (χ4v) is 9.08. The highest BCUT2D eigenvalue weighted by Gasteiger charge is 2.65. The number of benzene rings is 2. The van der Waals surface area contributed by atoms with E-state index in [-0.39, 0.29) is 33.9 Å². The lowest BCUT2D eigenvalue weighted by Gasteiger charge is -2.36. The van der Waals surface area contributed by atoms with Gasteiger partial charge in [-0.15, -0.1) is 11.8 Å². The molecule has 2 aliphatic carbocycles. The molecule has 0 amide bonds. The predicted molar refractivity (Wildman–Crippen MR) is 126 cm³/mol. The Labute approximate surface area is 193 Å². The van der Waals surface area contributed by atoms with Crippen molar-refractivity contribution in [3.63, 3.8) is 0 Å². The highest BCUT2D eigenvalue weighted by molar-refractivity contribution is 7.99. The van der Waals surface area contributed by atoms with Gasteiger partial charge in [0.1, 0.15) is 5.78 Å². The van der Waals surface area contributed by atoms with Crippen LogP contribution in [0.15, 0.2) is 53.4 Å². The second kappa shape index (κ2) is 7.45. The highest BCUT2D eigenvalue weighted by atomic mass is 32.2. The van der Waals surface area contributed by atoms with E-state index in [4.69, 9.17) is 0 Å². The maximum absolute atomic E-state index is 13.2. The fraction of sp³-hybridized carbons (Fsp3) is 0.440. The third-order valence-corrected chi connectivity index (χ3v) is 10.7. The van der Waals surface area contributed by atoms with Crippen LogP contribution in [0, 0.1) is 16.7 Å². The molecule has 2 bridgehead atoms. The quantitative estimate of drug-likeness (QED) is 0.647. The lowest BCUT2D eigenvalue weighted by atomic mass is 9.70. The van der Waals surface area contributed by atoms with Crippen LogP contribution < -0.4 is 4.72 Å². The van der Waals surface area contributed by atoms with Crippen LogP contribution in [0.5, 0.6) is 0 Å². The smallest absolute Gasteiger partial charge is 0.233 e. The van der Waals surface area contributed by atoms with Crippen molar-refractivity contribution in [2.24, 2.45) is 16.7 Å². The van der Waals surface area contributed by atoms with Crippen LogP contribution in [0.1, 0.15) is 60.7 Å². The van der Waals surface area contributed by atoms with Gasteiger partial charge in [0.05, 0.1) is 11.2 Å². The molecule has 0 aromatic heterocycles. The summed E-state index contributed by atoms with van der Waals surface area (Å²) in [6.45, 7) is 4.09. The van der Waals surface area contributed by atoms with Crippen molar-refractivity contribution in [3.05, 3.63) is 59.7 Å². The standard InChI is InChI=1S/C25H27NO4S2/c1-24(2)17-10-11-25(24,23(28)13-17)15-32(29,30)26-18-7-5-6-16(12-18)22-14-20(27)19-8-3-4-9-21(19)31-22/h3-9,12,17,22,26H,10-11,13-15H2,1-2H3. The van der Waals surface area contributed by atoms with Crippen molar-refractivity contribution >= 4 is 39.0 Å². The molecule has 0 saturated heterocycles. The van der Waals surface area contributed by atoms with Gasteiger partial charge in [0.25, 0.3) is 0 Å².